The maximum absolute atomic E-state index is 12.9. The molecular formula is C22H28N4O4. The van der Waals surface area contributed by atoms with Crippen LogP contribution in [-0.4, -0.2) is 39.8 Å². The fourth-order valence-corrected chi connectivity index (χ4v) is 4.18. The molecule has 8 heteroatoms. The lowest BCUT2D eigenvalue weighted by Crippen LogP contribution is -2.40. The van der Waals surface area contributed by atoms with Crippen LogP contribution in [-0.2, 0) is 31.4 Å². The van der Waals surface area contributed by atoms with E-state index in [1.807, 2.05) is 44.0 Å². The van der Waals surface area contributed by atoms with Crippen molar-refractivity contribution in [3.63, 3.8) is 0 Å². The summed E-state index contributed by atoms with van der Waals surface area (Å²) in [7, 11) is 1.85. The van der Waals surface area contributed by atoms with Crippen LogP contribution in [0.1, 0.15) is 54.0 Å². The lowest BCUT2D eigenvalue weighted by atomic mass is 9.98. The van der Waals surface area contributed by atoms with Crippen LogP contribution in [0, 0.1) is 5.92 Å². The number of hydrogen-bond donors (Lipinski definition) is 1. The van der Waals surface area contributed by atoms with Gasteiger partial charge >= 0.3 is 0 Å². The third kappa shape index (κ3) is 3.74. The van der Waals surface area contributed by atoms with Crippen molar-refractivity contribution in [2.45, 2.75) is 46.2 Å². The van der Waals surface area contributed by atoms with Gasteiger partial charge in [-0.1, -0.05) is 19.9 Å². The van der Waals surface area contributed by atoms with E-state index in [2.05, 4.69) is 10.4 Å². The van der Waals surface area contributed by atoms with Crippen LogP contribution >= 0.6 is 0 Å². The van der Waals surface area contributed by atoms with Gasteiger partial charge < -0.3 is 19.7 Å². The van der Waals surface area contributed by atoms with Gasteiger partial charge in [-0.25, -0.2) is 0 Å². The van der Waals surface area contributed by atoms with Crippen LogP contribution in [0.25, 0.3) is 0 Å². The lowest BCUT2D eigenvalue weighted by Gasteiger charge is -2.30. The predicted molar refractivity (Wildman–Crippen MR) is 110 cm³/mol. The molecule has 0 aliphatic carbocycles. The van der Waals surface area contributed by atoms with E-state index >= 15 is 0 Å². The van der Waals surface area contributed by atoms with Gasteiger partial charge in [-0.15, -0.1) is 0 Å². The molecule has 160 valence electrons. The van der Waals surface area contributed by atoms with Crippen molar-refractivity contribution in [1.29, 1.82) is 0 Å². The summed E-state index contributed by atoms with van der Waals surface area (Å²) in [6.45, 7) is 5.76. The topological polar surface area (TPSA) is 85.7 Å². The molecule has 1 aromatic heterocycles. The van der Waals surface area contributed by atoms with E-state index in [1.54, 1.807) is 4.68 Å². The Morgan fingerprint density at radius 2 is 1.97 bits per heavy atom. The number of rotatable bonds is 6. The van der Waals surface area contributed by atoms with Gasteiger partial charge in [-0.3, -0.25) is 14.3 Å². The Labute approximate surface area is 176 Å². The lowest BCUT2D eigenvalue weighted by molar-refractivity contribution is -0.136. The van der Waals surface area contributed by atoms with Crippen LogP contribution < -0.4 is 14.8 Å². The zero-order valence-electron chi connectivity index (χ0n) is 17.7. The largest absolute Gasteiger partial charge is 0.454 e. The number of benzene rings is 1. The molecule has 1 N–H and O–H groups in total. The molecule has 2 aliphatic heterocycles. The number of hydrogen-bond acceptors (Lipinski definition) is 5. The van der Waals surface area contributed by atoms with Crippen LogP contribution in [0.15, 0.2) is 18.2 Å². The molecule has 4 rings (SSSR count). The van der Waals surface area contributed by atoms with E-state index in [-0.39, 0.29) is 24.5 Å². The summed E-state index contributed by atoms with van der Waals surface area (Å²) < 4.78 is 12.5. The summed E-state index contributed by atoms with van der Waals surface area (Å²) in [6.07, 6.45) is 2.36. The number of carbonyl (C=O) groups excluding carboxylic acids is 2. The third-order valence-corrected chi connectivity index (χ3v) is 5.99. The molecule has 0 spiro atoms. The Kier molecular flexibility index (Phi) is 5.65. The number of fused-ring (bicyclic) bond motifs is 2. The number of ether oxygens (including phenoxy) is 2. The summed E-state index contributed by atoms with van der Waals surface area (Å²) in [6, 6.07) is 5.61. The minimum atomic E-state index is -0.235. The first-order valence-corrected chi connectivity index (χ1v) is 10.5. The molecule has 2 aliphatic rings. The summed E-state index contributed by atoms with van der Waals surface area (Å²) in [5, 5.41) is 7.41. The first-order chi connectivity index (χ1) is 14.5. The summed E-state index contributed by atoms with van der Waals surface area (Å²) in [4.78, 5) is 27.6. The molecule has 30 heavy (non-hydrogen) atoms. The second kappa shape index (κ2) is 8.38. The molecule has 0 saturated heterocycles. The molecule has 0 atom stereocenters. The van der Waals surface area contributed by atoms with E-state index in [4.69, 9.17) is 9.47 Å². The van der Waals surface area contributed by atoms with Gasteiger partial charge in [0.1, 0.15) is 0 Å². The molecule has 0 saturated carbocycles. The summed E-state index contributed by atoms with van der Waals surface area (Å²) >= 11 is 0. The van der Waals surface area contributed by atoms with E-state index in [9.17, 15) is 9.59 Å². The predicted octanol–water partition coefficient (Wildman–Crippen LogP) is 2.40. The van der Waals surface area contributed by atoms with Crippen LogP contribution in [0.4, 0.5) is 0 Å². The first kappa shape index (κ1) is 20.3. The summed E-state index contributed by atoms with van der Waals surface area (Å²) in [5.41, 5.74) is 3.20. The Balaban J connectivity index is 1.47. The van der Waals surface area contributed by atoms with Gasteiger partial charge in [-0.05, 0) is 30.5 Å². The standard InChI is InChI=1S/C22H28N4O4/c1-4-15(5-2)22(28)26-9-8-17-16(12-26)20(24-25(17)3)21(27)23-11-14-6-7-18-19(10-14)30-13-29-18/h6-7,10,15H,4-5,8-9,11-13H2,1-3H3,(H,23,27). The van der Waals surface area contributed by atoms with E-state index < -0.39 is 0 Å². The average molecular weight is 412 g/mol. The highest BCUT2D eigenvalue weighted by molar-refractivity contribution is 5.94. The molecule has 0 radical (unpaired) electrons. The van der Waals surface area contributed by atoms with Crippen molar-refractivity contribution in [3.8, 4) is 11.5 Å². The second-order valence-electron chi connectivity index (χ2n) is 7.79. The van der Waals surface area contributed by atoms with Crippen molar-refractivity contribution >= 4 is 11.8 Å². The maximum Gasteiger partial charge on any atom is 0.272 e. The van der Waals surface area contributed by atoms with E-state index in [0.717, 1.165) is 29.7 Å². The minimum absolute atomic E-state index is 0.0338. The van der Waals surface area contributed by atoms with Gasteiger partial charge in [-0.2, -0.15) is 5.10 Å². The van der Waals surface area contributed by atoms with Crippen LogP contribution in [0.3, 0.4) is 0 Å². The number of nitrogens with zero attached hydrogens (tertiary/aromatic N) is 3. The molecule has 1 aromatic carbocycles. The smallest absolute Gasteiger partial charge is 0.272 e. The van der Waals surface area contributed by atoms with E-state index in [0.29, 0.717) is 43.2 Å². The molecule has 2 amide bonds. The monoisotopic (exact) mass is 412 g/mol. The van der Waals surface area contributed by atoms with Gasteiger partial charge in [0.25, 0.3) is 5.91 Å². The van der Waals surface area contributed by atoms with Gasteiger partial charge in [0, 0.05) is 50.3 Å². The number of carbonyl (C=O) groups is 2. The second-order valence-corrected chi connectivity index (χ2v) is 7.79. The number of amides is 2. The van der Waals surface area contributed by atoms with E-state index in [1.165, 1.54) is 0 Å². The SMILES string of the molecule is CCC(CC)C(=O)N1CCc2c(c(C(=O)NCc3ccc4c(c3)OCO4)nn2C)C1. The third-order valence-electron chi connectivity index (χ3n) is 5.99. The van der Waals surface area contributed by atoms with Gasteiger partial charge in [0.15, 0.2) is 17.2 Å². The highest BCUT2D eigenvalue weighted by atomic mass is 16.7. The average Bonchev–Trinajstić information content (AvgIpc) is 3.36. The Hall–Kier alpha value is -3.03. The Bertz CT molecular complexity index is 964. The molecule has 3 heterocycles. The summed E-state index contributed by atoms with van der Waals surface area (Å²) in [5.74, 6) is 1.37. The number of aryl methyl sites for hydroxylation is 1. The van der Waals surface area contributed by atoms with Crippen molar-refractivity contribution in [2.75, 3.05) is 13.3 Å². The molecule has 8 nitrogen and oxygen atoms in total. The molecule has 0 fully saturated rings. The van der Waals surface area contributed by atoms with Gasteiger partial charge in [0.05, 0.1) is 0 Å². The zero-order chi connectivity index (χ0) is 21.3. The molecular weight excluding hydrogens is 384 g/mol. The van der Waals surface area contributed by atoms with Crippen LogP contribution in [0.2, 0.25) is 0 Å². The van der Waals surface area contributed by atoms with Crippen molar-refractivity contribution in [1.82, 2.24) is 20.0 Å². The molecule has 0 unspecified atom stereocenters. The normalized spacial score (nSPS) is 14.7. The maximum atomic E-state index is 12.9. The first-order valence-electron chi connectivity index (χ1n) is 10.5. The zero-order valence-corrected chi connectivity index (χ0v) is 17.7. The number of aromatic nitrogens is 2. The highest BCUT2D eigenvalue weighted by Gasteiger charge is 2.31. The minimum Gasteiger partial charge on any atom is -0.454 e. The van der Waals surface area contributed by atoms with Crippen molar-refractivity contribution < 1.29 is 19.1 Å². The van der Waals surface area contributed by atoms with Crippen molar-refractivity contribution in [3.05, 3.63) is 40.7 Å². The highest BCUT2D eigenvalue weighted by Crippen LogP contribution is 2.32. The Morgan fingerprint density at radius 3 is 2.73 bits per heavy atom. The van der Waals surface area contributed by atoms with Gasteiger partial charge in [0.2, 0.25) is 12.7 Å². The fourth-order valence-electron chi connectivity index (χ4n) is 4.18. The van der Waals surface area contributed by atoms with Crippen molar-refractivity contribution in [2.24, 2.45) is 13.0 Å². The van der Waals surface area contributed by atoms with Crippen LogP contribution in [0.5, 0.6) is 11.5 Å². The molecule has 2 aromatic rings. The molecule has 0 bridgehead atoms. The quantitative estimate of drug-likeness (QED) is 0.788. The number of nitrogens with one attached hydrogen (secondary N) is 1. The Morgan fingerprint density at radius 1 is 1.20 bits per heavy atom. The fraction of sp³-hybridized carbons (Fsp3) is 0.500.